The van der Waals surface area contributed by atoms with Crippen LogP contribution in [-0.4, -0.2) is 85.8 Å². The Kier molecular flexibility index (Phi) is 4.80. The van der Waals surface area contributed by atoms with E-state index in [4.69, 9.17) is 4.74 Å². The van der Waals surface area contributed by atoms with Crippen molar-refractivity contribution in [3.63, 3.8) is 0 Å². The van der Waals surface area contributed by atoms with Crippen molar-refractivity contribution in [1.29, 1.82) is 5.26 Å². The Morgan fingerprint density at radius 3 is 2.47 bits per heavy atom. The zero-order valence-electron chi connectivity index (χ0n) is 12.4. The van der Waals surface area contributed by atoms with Gasteiger partial charge in [-0.15, -0.1) is 0 Å². The van der Waals surface area contributed by atoms with Crippen molar-refractivity contribution in [3.05, 3.63) is 0 Å². The fourth-order valence-corrected chi connectivity index (χ4v) is 2.83. The molecule has 0 N–H and O–H groups in total. The third kappa shape index (κ3) is 3.90. The maximum Gasteiger partial charge on any atom is 0.103 e. The Morgan fingerprint density at radius 2 is 1.89 bits per heavy atom. The van der Waals surface area contributed by atoms with Crippen molar-refractivity contribution in [3.8, 4) is 6.07 Å². The molecule has 0 aromatic rings. The minimum absolute atomic E-state index is 0.340. The minimum Gasteiger partial charge on any atom is -0.374 e. The molecule has 0 saturated carbocycles. The van der Waals surface area contributed by atoms with E-state index in [9.17, 15) is 5.26 Å². The van der Waals surface area contributed by atoms with Crippen LogP contribution in [-0.2, 0) is 4.74 Å². The van der Waals surface area contributed by atoms with Crippen LogP contribution < -0.4 is 0 Å². The van der Waals surface area contributed by atoms with E-state index >= 15 is 0 Å². The van der Waals surface area contributed by atoms with Gasteiger partial charge in [-0.2, -0.15) is 5.26 Å². The number of ether oxygens (including phenoxy) is 1. The monoisotopic (exact) mass is 266 g/mol. The number of rotatable bonds is 3. The Morgan fingerprint density at radius 1 is 1.21 bits per heavy atom. The van der Waals surface area contributed by atoms with Crippen molar-refractivity contribution in [2.24, 2.45) is 0 Å². The third-order valence-electron chi connectivity index (χ3n) is 4.24. The first-order valence-corrected chi connectivity index (χ1v) is 7.20. The van der Waals surface area contributed by atoms with Gasteiger partial charge >= 0.3 is 0 Å². The Bertz CT molecular complexity index is 331. The molecular formula is C14H26N4O. The predicted molar refractivity (Wildman–Crippen MR) is 74.9 cm³/mol. The van der Waals surface area contributed by atoms with Gasteiger partial charge in [0, 0.05) is 45.8 Å². The van der Waals surface area contributed by atoms with E-state index in [-0.39, 0.29) is 5.54 Å². The van der Waals surface area contributed by atoms with Crippen molar-refractivity contribution in [2.45, 2.75) is 25.5 Å². The number of hydrogen-bond donors (Lipinski definition) is 0. The molecule has 0 radical (unpaired) electrons. The average molecular weight is 266 g/mol. The molecule has 2 aliphatic rings. The second kappa shape index (κ2) is 6.19. The van der Waals surface area contributed by atoms with Crippen molar-refractivity contribution >= 4 is 0 Å². The number of morpholine rings is 1. The van der Waals surface area contributed by atoms with Gasteiger partial charge in [-0.3, -0.25) is 9.80 Å². The molecule has 0 aliphatic carbocycles. The second-order valence-corrected chi connectivity index (χ2v) is 6.21. The van der Waals surface area contributed by atoms with Gasteiger partial charge < -0.3 is 9.64 Å². The molecular weight excluding hydrogens is 240 g/mol. The molecule has 2 aliphatic heterocycles. The first-order chi connectivity index (χ1) is 9.01. The average Bonchev–Trinajstić information content (AvgIpc) is 2.39. The molecule has 2 saturated heterocycles. The molecule has 2 fully saturated rings. The topological polar surface area (TPSA) is 42.7 Å². The minimum atomic E-state index is -0.340. The van der Waals surface area contributed by atoms with E-state index in [0.717, 1.165) is 52.4 Å². The lowest BCUT2D eigenvalue weighted by Crippen LogP contribution is -2.56. The molecule has 0 spiro atoms. The molecule has 108 valence electrons. The zero-order valence-corrected chi connectivity index (χ0v) is 12.4. The van der Waals surface area contributed by atoms with Gasteiger partial charge in [-0.05, 0) is 20.9 Å². The lowest BCUT2D eigenvalue weighted by molar-refractivity contribution is -0.0437. The highest BCUT2D eigenvalue weighted by Gasteiger charge is 2.30. The van der Waals surface area contributed by atoms with Crippen LogP contribution in [0.4, 0.5) is 0 Å². The summed E-state index contributed by atoms with van der Waals surface area (Å²) in [6.07, 6.45) is 0.342. The number of hydrogen-bond acceptors (Lipinski definition) is 5. The number of likely N-dealkylation sites (N-methyl/N-ethyl adjacent to an activating group) is 1. The van der Waals surface area contributed by atoms with Crippen molar-refractivity contribution < 1.29 is 4.74 Å². The van der Waals surface area contributed by atoms with Crippen LogP contribution in [0.25, 0.3) is 0 Å². The van der Waals surface area contributed by atoms with E-state index in [2.05, 4.69) is 27.8 Å². The normalized spacial score (nSPS) is 28.2. The molecule has 19 heavy (non-hydrogen) atoms. The lowest BCUT2D eigenvalue weighted by Gasteiger charge is -2.42. The maximum atomic E-state index is 9.17. The van der Waals surface area contributed by atoms with E-state index in [1.165, 1.54) is 0 Å². The fraction of sp³-hybridized carbons (Fsp3) is 0.929. The van der Waals surface area contributed by atoms with Crippen LogP contribution in [0, 0.1) is 11.3 Å². The van der Waals surface area contributed by atoms with E-state index < -0.39 is 0 Å². The van der Waals surface area contributed by atoms with Crippen LogP contribution in [0.1, 0.15) is 13.8 Å². The third-order valence-corrected chi connectivity index (χ3v) is 4.24. The van der Waals surface area contributed by atoms with Gasteiger partial charge in [-0.1, -0.05) is 0 Å². The highest BCUT2D eigenvalue weighted by atomic mass is 16.5. The Labute approximate surface area is 116 Å². The van der Waals surface area contributed by atoms with Gasteiger partial charge in [-0.25, -0.2) is 0 Å². The van der Waals surface area contributed by atoms with Gasteiger partial charge in [0.1, 0.15) is 5.54 Å². The van der Waals surface area contributed by atoms with Crippen LogP contribution in [0.5, 0.6) is 0 Å². The number of piperazine rings is 1. The number of nitrogens with zero attached hydrogens (tertiary/aromatic N) is 4. The summed E-state index contributed by atoms with van der Waals surface area (Å²) in [4.78, 5) is 7.08. The van der Waals surface area contributed by atoms with Gasteiger partial charge in [0.15, 0.2) is 0 Å². The Hall–Kier alpha value is -0.670. The predicted octanol–water partition coefficient (Wildman–Crippen LogP) is 0.237. The molecule has 5 nitrogen and oxygen atoms in total. The summed E-state index contributed by atoms with van der Waals surface area (Å²) >= 11 is 0. The van der Waals surface area contributed by atoms with Gasteiger partial charge in [0.2, 0.25) is 0 Å². The molecule has 0 bridgehead atoms. The first-order valence-electron chi connectivity index (χ1n) is 7.20. The lowest BCUT2D eigenvalue weighted by atomic mass is 10.0. The van der Waals surface area contributed by atoms with E-state index in [1.54, 1.807) is 0 Å². The zero-order chi connectivity index (χ0) is 13.9. The van der Waals surface area contributed by atoms with Crippen LogP contribution >= 0.6 is 0 Å². The highest BCUT2D eigenvalue weighted by molar-refractivity contribution is 5.02. The quantitative estimate of drug-likeness (QED) is 0.732. The summed E-state index contributed by atoms with van der Waals surface area (Å²) in [5, 5.41) is 9.17. The van der Waals surface area contributed by atoms with Gasteiger partial charge in [0.25, 0.3) is 0 Å². The van der Waals surface area contributed by atoms with Crippen molar-refractivity contribution in [2.75, 3.05) is 59.5 Å². The van der Waals surface area contributed by atoms with Crippen LogP contribution in [0.3, 0.4) is 0 Å². The molecule has 2 rings (SSSR count). The fourth-order valence-electron chi connectivity index (χ4n) is 2.83. The first kappa shape index (κ1) is 14.7. The molecule has 1 unspecified atom stereocenters. The van der Waals surface area contributed by atoms with Crippen molar-refractivity contribution in [1.82, 2.24) is 14.7 Å². The molecule has 1 atom stereocenters. The standard InChI is InChI=1S/C14H26N4O/c1-14(2,12-15)18-6-4-17(5-7-18)11-13-10-16(3)8-9-19-13/h13H,4-11H2,1-3H3. The number of nitriles is 1. The van der Waals surface area contributed by atoms with E-state index in [1.807, 2.05) is 13.8 Å². The van der Waals surface area contributed by atoms with Crippen LogP contribution in [0.15, 0.2) is 0 Å². The maximum absolute atomic E-state index is 9.17. The van der Waals surface area contributed by atoms with Crippen LogP contribution in [0.2, 0.25) is 0 Å². The summed E-state index contributed by atoms with van der Waals surface area (Å²) < 4.78 is 5.82. The largest absolute Gasteiger partial charge is 0.374 e. The summed E-state index contributed by atoms with van der Waals surface area (Å²) in [6.45, 7) is 12.0. The van der Waals surface area contributed by atoms with Gasteiger partial charge in [0.05, 0.1) is 18.8 Å². The summed E-state index contributed by atoms with van der Waals surface area (Å²) in [5.74, 6) is 0. The SMILES string of the molecule is CN1CCOC(CN2CCN(C(C)(C)C#N)CC2)C1. The molecule has 0 amide bonds. The molecule has 0 aromatic heterocycles. The van der Waals surface area contributed by atoms with E-state index in [0.29, 0.717) is 6.10 Å². The molecule has 2 heterocycles. The molecule has 5 heteroatoms. The highest BCUT2D eigenvalue weighted by Crippen LogP contribution is 2.16. The smallest absolute Gasteiger partial charge is 0.103 e. The molecule has 0 aromatic carbocycles. The second-order valence-electron chi connectivity index (χ2n) is 6.21. The summed E-state index contributed by atoms with van der Waals surface area (Å²) in [6, 6.07) is 2.39. The summed E-state index contributed by atoms with van der Waals surface area (Å²) in [5.41, 5.74) is -0.340. The summed E-state index contributed by atoms with van der Waals surface area (Å²) in [7, 11) is 2.16. The Balaban J connectivity index is 1.76.